The number of carbonyl (C=O) groups is 2. The molecule has 0 aliphatic carbocycles. The lowest BCUT2D eigenvalue weighted by Crippen LogP contribution is -2.24. The van der Waals surface area contributed by atoms with E-state index in [4.69, 9.17) is 11.6 Å². The van der Waals surface area contributed by atoms with Gasteiger partial charge in [0.05, 0.1) is 17.3 Å². The van der Waals surface area contributed by atoms with E-state index in [1.807, 2.05) is 6.07 Å². The van der Waals surface area contributed by atoms with Crippen molar-refractivity contribution < 1.29 is 9.59 Å². The summed E-state index contributed by atoms with van der Waals surface area (Å²) in [5.74, 6) is 0.407. The number of rotatable bonds is 7. The standard InChI is InChI=1S/C19H17BrClN5O2S/c1-26-16(10-22-18(28)12-5-3-2-4-6-12)24-25-19(26)29-11-17(27)23-13-7-8-15(21)14(20)9-13/h2-9H,10-11H2,1H3,(H,22,28)(H,23,27). The van der Waals surface area contributed by atoms with Gasteiger partial charge >= 0.3 is 0 Å². The van der Waals surface area contributed by atoms with Crippen LogP contribution < -0.4 is 10.6 Å². The topological polar surface area (TPSA) is 88.9 Å². The Labute approximate surface area is 185 Å². The lowest BCUT2D eigenvalue weighted by molar-refractivity contribution is -0.113. The van der Waals surface area contributed by atoms with Crippen LogP contribution in [0.4, 0.5) is 5.69 Å². The van der Waals surface area contributed by atoms with Crippen LogP contribution in [0, 0.1) is 0 Å². The quantitative estimate of drug-likeness (QED) is 0.487. The SMILES string of the molecule is Cn1c(CNC(=O)c2ccccc2)nnc1SCC(=O)Nc1ccc(Cl)c(Br)c1. The average Bonchev–Trinajstić information content (AvgIpc) is 3.07. The zero-order valence-corrected chi connectivity index (χ0v) is 18.5. The summed E-state index contributed by atoms with van der Waals surface area (Å²) in [5.41, 5.74) is 1.23. The Kier molecular flexibility index (Phi) is 7.29. The van der Waals surface area contributed by atoms with Crippen molar-refractivity contribution in [3.63, 3.8) is 0 Å². The molecule has 0 unspecified atom stereocenters. The maximum atomic E-state index is 12.2. The third-order valence-electron chi connectivity index (χ3n) is 3.90. The van der Waals surface area contributed by atoms with Gasteiger partial charge in [-0.3, -0.25) is 9.59 Å². The second kappa shape index (κ2) is 9.91. The highest BCUT2D eigenvalue weighted by Crippen LogP contribution is 2.25. The lowest BCUT2D eigenvalue weighted by atomic mass is 10.2. The first kappa shape index (κ1) is 21.4. The van der Waals surface area contributed by atoms with Crippen molar-refractivity contribution in [2.24, 2.45) is 7.05 Å². The molecular formula is C19H17BrClN5O2S. The number of anilines is 1. The fraction of sp³-hybridized carbons (Fsp3) is 0.158. The van der Waals surface area contributed by atoms with E-state index in [2.05, 4.69) is 36.8 Å². The Hall–Kier alpha value is -2.36. The van der Waals surface area contributed by atoms with Gasteiger partial charge in [-0.1, -0.05) is 41.6 Å². The molecule has 0 spiro atoms. The van der Waals surface area contributed by atoms with Crippen molar-refractivity contribution >= 4 is 56.8 Å². The molecule has 7 nitrogen and oxygen atoms in total. The third kappa shape index (κ3) is 5.81. The summed E-state index contributed by atoms with van der Waals surface area (Å²) in [4.78, 5) is 24.3. The molecule has 0 bridgehead atoms. The molecule has 3 rings (SSSR count). The minimum atomic E-state index is -0.184. The first-order valence-electron chi connectivity index (χ1n) is 8.53. The summed E-state index contributed by atoms with van der Waals surface area (Å²) < 4.78 is 2.46. The molecule has 1 aromatic heterocycles. The average molecular weight is 495 g/mol. The number of amides is 2. The first-order valence-corrected chi connectivity index (χ1v) is 10.7. The smallest absolute Gasteiger partial charge is 0.251 e. The molecule has 2 N–H and O–H groups in total. The van der Waals surface area contributed by atoms with Gasteiger partial charge in [-0.05, 0) is 46.3 Å². The Bertz CT molecular complexity index is 1030. The van der Waals surface area contributed by atoms with Crippen molar-refractivity contribution in [2.45, 2.75) is 11.7 Å². The van der Waals surface area contributed by atoms with E-state index in [0.29, 0.717) is 31.7 Å². The maximum Gasteiger partial charge on any atom is 0.251 e. The lowest BCUT2D eigenvalue weighted by Gasteiger charge is -2.07. The van der Waals surface area contributed by atoms with E-state index in [1.165, 1.54) is 11.8 Å². The van der Waals surface area contributed by atoms with Gasteiger partial charge < -0.3 is 15.2 Å². The summed E-state index contributed by atoms with van der Waals surface area (Å²) in [6.45, 7) is 0.239. The first-order chi connectivity index (χ1) is 13.9. The number of aromatic nitrogens is 3. The van der Waals surface area contributed by atoms with E-state index in [0.717, 1.165) is 0 Å². The number of nitrogens with zero attached hydrogens (tertiary/aromatic N) is 3. The van der Waals surface area contributed by atoms with Crippen molar-refractivity contribution in [2.75, 3.05) is 11.1 Å². The highest BCUT2D eigenvalue weighted by atomic mass is 79.9. The predicted octanol–water partition coefficient (Wildman–Crippen LogP) is 3.89. The fourth-order valence-electron chi connectivity index (χ4n) is 2.38. The van der Waals surface area contributed by atoms with Gasteiger partial charge in [0.1, 0.15) is 0 Å². The van der Waals surface area contributed by atoms with Crippen molar-refractivity contribution in [3.8, 4) is 0 Å². The van der Waals surface area contributed by atoms with Crippen LogP contribution >= 0.6 is 39.3 Å². The number of benzene rings is 2. The van der Waals surface area contributed by atoms with Crippen molar-refractivity contribution in [1.29, 1.82) is 0 Å². The summed E-state index contributed by atoms with van der Waals surface area (Å²) >= 11 is 10.5. The maximum absolute atomic E-state index is 12.2. The van der Waals surface area contributed by atoms with Gasteiger partial charge in [0.15, 0.2) is 11.0 Å². The van der Waals surface area contributed by atoms with E-state index in [9.17, 15) is 9.59 Å². The van der Waals surface area contributed by atoms with Gasteiger partial charge in [0, 0.05) is 22.8 Å². The number of nitrogens with one attached hydrogen (secondary N) is 2. The zero-order chi connectivity index (χ0) is 20.8. The number of thioether (sulfide) groups is 1. The Morgan fingerprint density at radius 3 is 2.66 bits per heavy atom. The summed E-state index contributed by atoms with van der Waals surface area (Å²) in [6.07, 6.45) is 0. The van der Waals surface area contributed by atoms with Gasteiger partial charge in [-0.15, -0.1) is 10.2 Å². The molecular weight excluding hydrogens is 478 g/mol. The minimum absolute atomic E-state index is 0.169. The molecule has 3 aromatic rings. The highest BCUT2D eigenvalue weighted by Gasteiger charge is 2.13. The second-order valence-corrected chi connectivity index (χ2v) is 8.18. The molecule has 2 amide bonds. The fourth-order valence-corrected chi connectivity index (χ4v) is 3.60. The molecule has 0 aliphatic heterocycles. The largest absolute Gasteiger partial charge is 0.345 e. The van der Waals surface area contributed by atoms with Crippen molar-refractivity contribution in [1.82, 2.24) is 20.1 Å². The zero-order valence-electron chi connectivity index (χ0n) is 15.4. The Balaban J connectivity index is 1.52. The summed E-state index contributed by atoms with van der Waals surface area (Å²) in [7, 11) is 1.79. The number of halogens is 2. The molecule has 29 heavy (non-hydrogen) atoms. The third-order valence-corrected chi connectivity index (χ3v) is 6.14. The Morgan fingerprint density at radius 2 is 1.93 bits per heavy atom. The van der Waals surface area contributed by atoms with Crippen LogP contribution in [-0.4, -0.2) is 32.3 Å². The van der Waals surface area contributed by atoms with Crippen LogP contribution in [0.25, 0.3) is 0 Å². The van der Waals surface area contributed by atoms with Crippen LogP contribution in [0.3, 0.4) is 0 Å². The van der Waals surface area contributed by atoms with Crippen LogP contribution in [0.5, 0.6) is 0 Å². The van der Waals surface area contributed by atoms with Crippen LogP contribution in [0.1, 0.15) is 16.2 Å². The molecule has 1 heterocycles. The van der Waals surface area contributed by atoms with Crippen LogP contribution in [0.2, 0.25) is 5.02 Å². The normalized spacial score (nSPS) is 10.6. The van der Waals surface area contributed by atoms with Gasteiger partial charge in [0.25, 0.3) is 5.91 Å². The van der Waals surface area contributed by atoms with E-state index in [1.54, 1.807) is 54.1 Å². The molecule has 10 heteroatoms. The van der Waals surface area contributed by atoms with Crippen LogP contribution in [-0.2, 0) is 18.4 Å². The number of carbonyl (C=O) groups excluding carboxylic acids is 2. The molecule has 0 saturated heterocycles. The Morgan fingerprint density at radius 1 is 1.17 bits per heavy atom. The molecule has 0 saturated carbocycles. The second-order valence-electron chi connectivity index (χ2n) is 5.97. The number of hydrogen-bond donors (Lipinski definition) is 2. The highest BCUT2D eigenvalue weighted by molar-refractivity contribution is 9.10. The van der Waals surface area contributed by atoms with E-state index >= 15 is 0 Å². The summed E-state index contributed by atoms with van der Waals surface area (Å²) in [6, 6.07) is 14.1. The number of hydrogen-bond acceptors (Lipinski definition) is 5. The molecule has 0 fully saturated rings. The van der Waals surface area contributed by atoms with Gasteiger partial charge in [0.2, 0.25) is 5.91 Å². The minimum Gasteiger partial charge on any atom is -0.345 e. The molecule has 2 aromatic carbocycles. The van der Waals surface area contributed by atoms with E-state index in [-0.39, 0.29) is 24.1 Å². The molecule has 0 atom stereocenters. The predicted molar refractivity (Wildman–Crippen MR) is 117 cm³/mol. The monoisotopic (exact) mass is 493 g/mol. The molecule has 0 radical (unpaired) electrons. The van der Waals surface area contributed by atoms with Gasteiger partial charge in [-0.2, -0.15) is 0 Å². The van der Waals surface area contributed by atoms with E-state index < -0.39 is 0 Å². The molecule has 0 aliphatic rings. The van der Waals surface area contributed by atoms with Crippen molar-refractivity contribution in [3.05, 3.63) is 69.4 Å². The van der Waals surface area contributed by atoms with Gasteiger partial charge in [-0.25, -0.2) is 0 Å². The van der Waals surface area contributed by atoms with Crippen LogP contribution in [0.15, 0.2) is 58.2 Å². The summed E-state index contributed by atoms with van der Waals surface area (Å²) in [5, 5.41) is 15.0. The molecule has 150 valence electrons.